The highest BCUT2D eigenvalue weighted by Gasteiger charge is 2.26. The van der Waals surface area contributed by atoms with E-state index in [4.69, 9.17) is 10.5 Å². The number of nitro benzene ring substituents is 1. The van der Waals surface area contributed by atoms with Gasteiger partial charge in [-0.3, -0.25) is 25.0 Å². The molecule has 0 aliphatic heterocycles. The van der Waals surface area contributed by atoms with Gasteiger partial charge in [0, 0.05) is 6.07 Å². The number of thioether (sulfide) groups is 1. The van der Waals surface area contributed by atoms with Crippen LogP contribution in [0.2, 0.25) is 0 Å². The standard InChI is InChI=1S/C15H14F2N4O6S2/c1-6-13(28-5-11(18)22)29-15(19-6)20-12(23)7-3-9(26-2)10(27-14(16)17)4-8(7)21(24)25/h3-4,14H,5H2,1-2H3,(H2,18,22)(H,19,20,23). The first-order chi connectivity index (χ1) is 13.6. The number of anilines is 1. The molecule has 2 rings (SSSR count). The van der Waals surface area contributed by atoms with Crippen LogP contribution in [0.1, 0.15) is 16.1 Å². The largest absolute Gasteiger partial charge is 0.493 e. The Balaban J connectivity index is 2.33. The molecular weight excluding hydrogens is 434 g/mol. The molecule has 0 atom stereocenters. The van der Waals surface area contributed by atoms with Crippen LogP contribution >= 0.6 is 23.1 Å². The minimum absolute atomic E-state index is 0.0185. The minimum atomic E-state index is -3.24. The fourth-order valence-corrected chi connectivity index (χ4v) is 3.97. The second kappa shape index (κ2) is 9.47. The molecule has 1 heterocycles. The van der Waals surface area contributed by atoms with Crippen molar-refractivity contribution < 1.29 is 32.8 Å². The molecule has 0 spiro atoms. The number of thiazole rings is 1. The number of rotatable bonds is 9. The molecule has 29 heavy (non-hydrogen) atoms. The molecule has 1 aromatic heterocycles. The Hall–Kier alpha value is -3.00. The van der Waals surface area contributed by atoms with Gasteiger partial charge in [-0.05, 0) is 6.92 Å². The monoisotopic (exact) mass is 448 g/mol. The Morgan fingerprint density at radius 3 is 2.66 bits per heavy atom. The molecular formula is C15H14F2N4O6S2. The summed E-state index contributed by atoms with van der Waals surface area (Å²) in [6.07, 6.45) is 0. The Morgan fingerprint density at radius 2 is 2.10 bits per heavy atom. The van der Waals surface area contributed by atoms with Gasteiger partial charge in [-0.15, -0.1) is 11.8 Å². The lowest BCUT2D eigenvalue weighted by molar-refractivity contribution is -0.385. The average molecular weight is 448 g/mol. The van der Waals surface area contributed by atoms with E-state index in [1.54, 1.807) is 6.92 Å². The van der Waals surface area contributed by atoms with Gasteiger partial charge in [0.25, 0.3) is 11.6 Å². The summed E-state index contributed by atoms with van der Waals surface area (Å²) in [5.41, 5.74) is 4.43. The summed E-state index contributed by atoms with van der Waals surface area (Å²) in [5.74, 6) is -2.28. The van der Waals surface area contributed by atoms with Gasteiger partial charge in [0.2, 0.25) is 5.91 Å². The van der Waals surface area contributed by atoms with Gasteiger partial charge >= 0.3 is 6.61 Å². The van der Waals surface area contributed by atoms with E-state index in [1.165, 1.54) is 0 Å². The number of nitrogens with zero attached hydrogens (tertiary/aromatic N) is 2. The zero-order chi connectivity index (χ0) is 21.7. The number of halogens is 2. The van der Waals surface area contributed by atoms with Gasteiger partial charge < -0.3 is 15.2 Å². The highest BCUT2D eigenvalue weighted by atomic mass is 32.2. The third-order valence-electron chi connectivity index (χ3n) is 3.26. The first-order valence-corrected chi connectivity index (χ1v) is 9.43. The van der Waals surface area contributed by atoms with E-state index in [9.17, 15) is 28.5 Å². The number of nitrogens with two attached hydrogens (primary N) is 1. The van der Waals surface area contributed by atoms with E-state index in [0.29, 0.717) is 16.0 Å². The summed E-state index contributed by atoms with van der Waals surface area (Å²) >= 11 is 2.18. The van der Waals surface area contributed by atoms with E-state index < -0.39 is 40.3 Å². The summed E-state index contributed by atoms with van der Waals surface area (Å²) < 4.78 is 34.7. The van der Waals surface area contributed by atoms with Crippen molar-refractivity contribution in [2.24, 2.45) is 5.73 Å². The maximum atomic E-state index is 12.6. The summed E-state index contributed by atoms with van der Waals surface area (Å²) in [4.78, 5) is 38.0. The SMILES string of the molecule is COc1cc(C(=O)Nc2nc(C)c(SCC(N)=O)s2)c([N+](=O)[O-])cc1OC(F)F. The molecule has 10 nitrogen and oxygen atoms in total. The van der Waals surface area contributed by atoms with Gasteiger partial charge in [-0.2, -0.15) is 8.78 Å². The average Bonchev–Trinajstić information content (AvgIpc) is 2.98. The minimum Gasteiger partial charge on any atom is -0.493 e. The smallest absolute Gasteiger partial charge is 0.387 e. The lowest BCUT2D eigenvalue weighted by Gasteiger charge is -2.11. The van der Waals surface area contributed by atoms with Crippen LogP contribution < -0.4 is 20.5 Å². The van der Waals surface area contributed by atoms with Crippen LogP contribution in [0, 0.1) is 17.0 Å². The summed E-state index contributed by atoms with van der Waals surface area (Å²) in [6, 6.07) is 1.61. The van der Waals surface area contributed by atoms with Crippen LogP contribution in [0.3, 0.4) is 0 Å². The van der Waals surface area contributed by atoms with Crippen molar-refractivity contribution in [1.82, 2.24) is 4.98 Å². The molecule has 0 aliphatic rings. The summed E-state index contributed by atoms with van der Waals surface area (Å²) in [6.45, 7) is -1.59. The van der Waals surface area contributed by atoms with Crippen LogP contribution in [0.5, 0.6) is 11.5 Å². The van der Waals surface area contributed by atoms with Gasteiger partial charge in [-0.25, -0.2) is 4.98 Å². The number of ether oxygens (including phenoxy) is 2. The number of aryl methyl sites for hydroxylation is 1. The van der Waals surface area contributed by atoms with E-state index in [2.05, 4.69) is 15.0 Å². The third kappa shape index (κ3) is 5.74. The molecule has 156 valence electrons. The summed E-state index contributed by atoms with van der Waals surface area (Å²) in [7, 11) is 1.13. The number of carbonyl (C=O) groups excluding carboxylic acids is 2. The maximum absolute atomic E-state index is 12.6. The number of nitro groups is 1. The highest BCUT2D eigenvalue weighted by Crippen LogP contribution is 2.37. The van der Waals surface area contributed by atoms with E-state index in [-0.39, 0.29) is 16.6 Å². The van der Waals surface area contributed by atoms with E-state index in [1.807, 2.05) is 0 Å². The topological polar surface area (TPSA) is 147 Å². The molecule has 0 radical (unpaired) electrons. The summed E-state index contributed by atoms with van der Waals surface area (Å²) in [5, 5.41) is 13.8. The molecule has 0 bridgehead atoms. The van der Waals surface area contributed by atoms with Gasteiger partial charge in [0.05, 0.1) is 33.8 Å². The molecule has 0 unspecified atom stereocenters. The number of alkyl halides is 2. The second-order valence-electron chi connectivity index (χ2n) is 5.26. The fraction of sp³-hybridized carbons (Fsp3) is 0.267. The van der Waals surface area contributed by atoms with Crippen molar-refractivity contribution in [3.63, 3.8) is 0 Å². The van der Waals surface area contributed by atoms with Crippen molar-refractivity contribution in [3.05, 3.63) is 33.5 Å². The highest BCUT2D eigenvalue weighted by molar-refractivity contribution is 8.01. The second-order valence-corrected chi connectivity index (χ2v) is 7.50. The van der Waals surface area contributed by atoms with Crippen LogP contribution in [-0.4, -0.2) is 41.2 Å². The molecule has 0 saturated heterocycles. The zero-order valence-corrected chi connectivity index (χ0v) is 16.6. The number of aromatic nitrogens is 1. The normalized spacial score (nSPS) is 10.7. The number of hydrogen-bond acceptors (Lipinski definition) is 9. The molecule has 1 aromatic carbocycles. The van der Waals surface area contributed by atoms with Gasteiger partial charge in [-0.1, -0.05) is 11.3 Å². The third-order valence-corrected chi connectivity index (χ3v) is 5.72. The fourth-order valence-electron chi connectivity index (χ4n) is 2.10. The molecule has 14 heteroatoms. The van der Waals surface area contributed by atoms with Crippen molar-refractivity contribution in [3.8, 4) is 11.5 Å². The molecule has 0 fully saturated rings. The predicted octanol–water partition coefficient (Wildman–Crippen LogP) is 2.80. The van der Waals surface area contributed by atoms with Gasteiger partial charge in [0.15, 0.2) is 16.6 Å². The Kier molecular flexibility index (Phi) is 7.28. The molecule has 0 saturated carbocycles. The van der Waals surface area contributed by atoms with E-state index >= 15 is 0 Å². The van der Waals surface area contributed by atoms with Crippen molar-refractivity contribution in [2.75, 3.05) is 18.2 Å². The van der Waals surface area contributed by atoms with E-state index in [0.717, 1.165) is 36.3 Å². The maximum Gasteiger partial charge on any atom is 0.387 e. The molecule has 2 amide bonds. The van der Waals surface area contributed by atoms with Gasteiger partial charge in [0.1, 0.15) is 5.56 Å². The van der Waals surface area contributed by atoms with Crippen LogP contribution in [0.4, 0.5) is 19.6 Å². The first kappa shape index (κ1) is 22.3. The van der Waals surface area contributed by atoms with Crippen molar-refractivity contribution in [2.45, 2.75) is 17.7 Å². The number of carbonyl (C=O) groups is 2. The molecule has 2 aromatic rings. The van der Waals surface area contributed by atoms with Crippen LogP contribution in [0.25, 0.3) is 0 Å². The number of amides is 2. The first-order valence-electron chi connectivity index (χ1n) is 7.63. The predicted molar refractivity (Wildman–Crippen MR) is 101 cm³/mol. The number of benzene rings is 1. The lowest BCUT2D eigenvalue weighted by atomic mass is 10.1. The molecule has 3 N–H and O–H groups in total. The number of primary amides is 1. The lowest BCUT2D eigenvalue weighted by Crippen LogP contribution is -2.15. The Morgan fingerprint density at radius 1 is 1.41 bits per heavy atom. The number of methoxy groups -OCH3 is 1. The van der Waals surface area contributed by atoms with Crippen molar-refractivity contribution >= 4 is 45.7 Å². The van der Waals surface area contributed by atoms with Crippen LogP contribution in [0.15, 0.2) is 16.3 Å². The number of nitrogens with one attached hydrogen (secondary N) is 1. The van der Waals surface area contributed by atoms with Crippen molar-refractivity contribution in [1.29, 1.82) is 0 Å². The zero-order valence-electron chi connectivity index (χ0n) is 14.9. The number of hydrogen-bond donors (Lipinski definition) is 2. The molecule has 0 aliphatic carbocycles. The Bertz CT molecular complexity index is 953. The Labute approximate surface area is 170 Å². The quantitative estimate of drug-likeness (QED) is 0.338. The van der Waals surface area contributed by atoms with Crippen LogP contribution in [-0.2, 0) is 4.79 Å².